The molecule has 0 heterocycles. The first-order valence-electron chi connectivity index (χ1n) is 5.61. The van der Waals surface area contributed by atoms with E-state index in [0.29, 0.717) is 11.5 Å². The Labute approximate surface area is 110 Å². The van der Waals surface area contributed by atoms with Crippen molar-refractivity contribution in [2.24, 2.45) is 0 Å². The van der Waals surface area contributed by atoms with Gasteiger partial charge in [0.05, 0.1) is 6.61 Å². The summed E-state index contributed by atoms with van der Waals surface area (Å²) in [5.41, 5.74) is 1.68. The Hall–Kier alpha value is -0.870. The molecule has 0 saturated carbocycles. The molecule has 0 fully saturated rings. The largest absolute Gasteiger partial charge is 0.464 e. The van der Waals surface area contributed by atoms with Crippen LogP contribution in [0.3, 0.4) is 0 Å². The lowest BCUT2D eigenvalue weighted by atomic mass is 10.00. The maximum absolute atomic E-state index is 11.4. The van der Waals surface area contributed by atoms with Crippen molar-refractivity contribution in [1.29, 1.82) is 0 Å². The fourth-order valence-electron chi connectivity index (χ4n) is 1.54. The van der Waals surface area contributed by atoms with Gasteiger partial charge in [0.15, 0.2) is 6.10 Å². The highest BCUT2D eigenvalue weighted by molar-refractivity contribution is 9.10. The van der Waals surface area contributed by atoms with E-state index in [2.05, 4.69) is 29.8 Å². The molecule has 0 aliphatic carbocycles. The number of halogens is 1. The number of aliphatic hydroxyl groups is 1. The number of carbonyl (C=O) groups is 1. The zero-order chi connectivity index (χ0) is 13.0. The smallest absolute Gasteiger partial charge is 0.339 e. The maximum atomic E-state index is 11.4. The molecule has 1 N–H and O–H groups in total. The Bertz CT molecular complexity index is 402. The number of rotatable bonds is 4. The van der Waals surface area contributed by atoms with Gasteiger partial charge in [0, 0.05) is 4.47 Å². The summed E-state index contributed by atoms with van der Waals surface area (Å²) in [4.78, 5) is 11.4. The molecule has 94 valence electrons. The van der Waals surface area contributed by atoms with E-state index in [0.717, 1.165) is 10.0 Å². The monoisotopic (exact) mass is 300 g/mol. The lowest BCUT2D eigenvalue weighted by Gasteiger charge is -2.13. The first kappa shape index (κ1) is 14.2. The Balaban J connectivity index is 2.93. The van der Waals surface area contributed by atoms with E-state index in [1.165, 1.54) is 0 Å². The van der Waals surface area contributed by atoms with Gasteiger partial charge in [-0.15, -0.1) is 0 Å². The van der Waals surface area contributed by atoms with Gasteiger partial charge in [-0.2, -0.15) is 0 Å². The highest BCUT2D eigenvalue weighted by Gasteiger charge is 2.19. The summed E-state index contributed by atoms with van der Waals surface area (Å²) in [6.07, 6.45) is -1.22. The summed E-state index contributed by atoms with van der Waals surface area (Å²) >= 11 is 3.44. The molecule has 17 heavy (non-hydrogen) atoms. The van der Waals surface area contributed by atoms with Gasteiger partial charge in [-0.05, 0) is 30.0 Å². The molecule has 0 saturated heterocycles. The number of carbonyl (C=O) groups excluding carboxylic acids is 1. The van der Waals surface area contributed by atoms with Crippen LogP contribution in [0.25, 0.3) is 0 Å². The van der Waals surface area contributed by atoms with Crippen molar-refractivity contribution < 1.29 is 14.6 Å². The Kier molecular flexibility index (Phi) is 5.15. The summed E-state index contributed by atoms with van der Waals surface area (Å²) in [7, 11) is 0. The molecule has 3 nitrogen and oxygen atoms in total. The highest BCUT2D eigenvalue weighted by atomic mass is 79.9. The van der Waals surface area contributed by atoms with E-state index in [1.54, 1.807) is 19.1 Å². The zero-order valence-corrected chi connectivity index (χ0v) is 11.8. The van der Waals surface area contributed by atoms with Gasteiger partial charge in [-0.25, -0.2) is 4.79 Å². The number of esters is 1. The van der Waals surface area contributed by atoms with Crippen molar-refractivity contribution in [1.82, 2.24) is 0 Å². The molecule has 0 radical (unpaired) electrons. The van der Waals surface area contributed by atoms with Gasteiger partial charge in [0.1, 0.15) is 0 Å². The van der Waals surface area contributed by atoms with Crippen molar-refractivity contribution >= 4 is 21.9 Å². The van der Waals surface area contributed by atoms with Crippen molar-refractivity contribution in [2.45, 2.75) is 32.8 Å². The van der Waals surface area contributed by atoms with Gasteiger partial charge in [0.25, 0.3) is 0 Å². The molecule has 0 bridgehead atoms. The predicted molar refractivity (Wildman–Crippen MR) is 69.8 cm³/mol. The molecule has 1 unspecified atom stereocenters. The molecule has 0 spiro atoms. The first-order chi connectivity index (χ1) is 7.97. The van der Waals surface area contributed by atoms with Crippen LogP contribution in [0.15, 0.2) is 22.7 Å². The van der Waals surface area contributed by atoms with Crippen LogP contribution in [-0.2, 0) is 9.53 Å². The normalized spacial score (nSPS) is 12.6. The topological polar surface area (TPSA) is 46.5 Å². The standard InChI is InChI=1S/C13H17BrO3/c1-4-17-13(16)12(15)9-5-6-10(8(2)3)11(14)7-9/h5-8,12,15H,4H2,1-3H3. The average Bonchev–Trinajstić information content (AvgIpc) is 2.27. The number of ether oxygens (including phenoxy) is 1. The zero-order valence-electron chi connectivity index (χ0n) is 10.2. The molecule has 1 aromatic rings. The van der Waals surface area contributed by atoms with Crippen LogP contribution >= 0.6 is 15.9 Å². The second-order valence-electron chi connectivity index (χ2n) is 4.09. The molecule has 1 atom stereocenters. The first-order valence-corrected chi connectivity index (χ1v) is 6.40. The van der Waals surface area contributed by atoms with E-state index in [1.807, 2.05) is 6.07 Å². The van der Waals surface area contributed by atoms with Crippen LogP contribution in [0.2, 0.25) is 0 Å². The Morgan fingerprint density at radius 1 is 1.47 bits per heavy atom. The summed E-state index contributed by atoms with van der Waals surface area (Å²) in [5.74, 6) is -0.227. The van der Waals surface area contributed by atoms with Crippen molar-refractivity contribution in [3.05, 3.63) is 33.8 Å². The maximum Gasteiger partial charge on any atom is 0.339 e. The molecule has 1 rings (SSSR count). The fourth-order valence-corrected chi connectivity index (χ4v) is 2.39. The third kappa shape index (κ3) is 3.54. The van der Waals surface area contributed by atoms with Gasteiger partial charge in [0.2, 0.25) is 0 Å². The van der Waals surface area contributed by atoms with Crippen molar-refractivity contribution in [2.75, 3.05) is 6.61 Å². The second kappa shape index (κ2) is 6.17. The third-order valence-electron chi connectivity index (χ3n) is 2.47. The Morgan fingerprint density at radius 2 is 2.12 bits per heavy atom. The fraction of sp³-hybridized carbons (Fsp3) is 0.462. The van der Waals surface area contributed by atoms with Crippen molar-refractivity contribution in [3.8, 4) is 0 Å². The van der Waals surface area contributed by atoms with Crippen LogP contribution in [0.4, 0.5) is 0 Å². The Morgan fingerprint density at radius 3 is 2.59 bits per heavy atom. The van der Waals surface area contributed by atoms with E-state index in [-0.39, 0.29) is 6.61 Å². The number of aliphatic hydroxyl groups excluding tert-OH is 1. The van der Waals surface area contributed by atoms with E-state index in [4.69, 9.17) is 4.74 Å². The molecule has 0 aliphatic rings. The van der Waals surface area contributed by atoms with Crippen LogP contribution in [0.1, 0.15) is 43.9 Å². The molecule has 0 amide bonds. The third-order valence-corrected chi connectivity index (χ3v) is 3.16. The van der Waals surface area contributed by atoms with Crippen molar-refractivity contribution in [3.63, 3.8) is 0 Å². The van der Waals surface area contributed by atoms with Gasteiger partial charge in [-0.3, -0.25) is 0 Å². The number of hydrogen-bond donors (Lipinski definition) is 1. The molecule has 0 aromatic heterocycles. The van der Waals surface area contributed by atoms with Crippen LogP contribution in [-0.4, -0.2) is 17.7 Å². The lowest BCUT2D eigenvalue weighted by Crippen LogP contribution is -2.15. The molecular formula is C13H17BrO3. The SMILES string of the molecule is CCOC(=O)C(O)c1ccc(C(C)C)c(Br)c1. The van der Waals surface area contributed by atoms with Crippen LogP contribution in [0, 0.1) is 0 Å². The molecule has 1 aromatic carbocycles. The second-order valence-corrected chi connectivity index (χ2v) is 4.94. The molecular weight excluding hydrogens is 284 g/mol. The summed E-state index contributed by atoms with van der Waals surface area (Å²) < 4.78 is 5.67. The highest BCUT2D eigenvalue weighted by Crippen LogP contribution is 2.28. The van der Waals surface area contributed by atoms with E-state index < -0.39 is 12.1 Å². The van der Waals surface area contributed by atoms with E-state index >= 15 is 0 Å². The van der Waals surface area contributed by atoms with Crippen LogP contribution < -0.4 is 0 Å². The van der Waals surface area contributed by atoms with Gasteiger partial charge < -0.3 is 9.84 Å². The van der Waals surface area contributed by atoms with Gasteiger partial charge >= 0.3 is 5.97 Å². The summed E-state index contributed by atoms with van der Waals surface area (Å²) in [6.45, 7) is 6.15. The minimum absolute atomic E-state index is 0.265. The number of benzene rings is 1. The predicted octanol–water partition coefficient (Wildman–Crippen LogP) is 3.17. The quantitative estimate of drug-likeness (QED) is 0.869. The van der Waals surface area contributed by atoms with Gasteiger partial charge in [-0.1, -0.05) is 41.9 Å². The minimum Gasteiger partial charge on any atom is -0.464 e. The lowest BCUT2D eigenvalue weighted by molar-refractivity contribution is -0.153. The molecule has 0 aliphatic heterocycles. The summed E-state index contributed by atoms with van der Waals surface area (Å²) in [6, 6.07) is 5.42. The number of hydrogen-bond acceptors (Lipinski definition) is 3. The molecule has 4 heteroatoms. The minimum atomic E-state index is -1.22. The van der Waals surface area contributed by atoms with Crippen LogP contribution in [0.5, 0.6) is 0 Å². The summed E-state index contributed by atoms with van der Waals surface area (Å²) in [5, 5.41) is 9.78. The average molecular weight is 301 g/mol. The van der Waals surface area contributed by atoms with E-state index in [9.17, 15) is 9.90 Å².